The lowest BCUT2D eigenvalue weighted by atomic mass is 10.2. The summed E-state index contributed by atoms with van der Waals surface area (Å²) >= 11 is 1.43. The fourth-order valence-corrected chi connectivity index (χ4v) is 2.83. The minimum Gasteiger partial charge on any atom is -0.491 e. The van der Waals surface area contributed by atoms with Gasteiger partial charge in [0.2, 0.25) is 0 Å². The third-order valence-corrected chi connectivity index (χ3v) is 4.04. The third kappa shape index (κ3) is 5.04. The topological polar surface area (TPSA) is 71.5 Å². The standard InChI is InChI=1S/C17H22N2O3S/c1-11(2)22-14-6-4-13(5-7-14)17-19-15(10-23-17)16(21)18-12(3)8-9-20/h4-7,10-12,20H,8-9H2,1-3H3,(H,18,21). The van der Waals surface area contributed by atoms with Gasteiger partial charge in [0.1, 0.15) is 16.5 Å². The maximum Gasteiger partial charge on any atom is 0.270 e. The largest absolute Gasteiger partial charge is 0.491 e. The van der Waals surface area contributed by atoms with Crippen LogP contribution in [-0.2, 0) is 0 Å². The van der Waals surface area contributed by atoms with Crippen LogP contribution in [0.3, 0.4) is 0 Å². The molecule has 0 aliphatic heterocycles. The van der Waals surface area contributed by atoms with Gasteiger partial charge in [-0.2, -0.15) is 0 Å². The van der Waals surface area contributed by atoms with Crippen LogP contribution >= 0.6 is 11.3 Å². The fourth-order valence-electron chi connectivity index (χ4n) is 2.02. The molecule has 0 spiro atoms. The van der Waals surface area contributed by atoms with Gasteiger partial charge in [-0.1, -0.05) is 0 Å². The molecule has 124 valence electrons. The van der Waals surface area contributed by atoms with E-state index in [2.05, 4.69) is 10.3 Å². The quantitative estimate of drug-likeness (QED) is 0.816. The van der Waals surface area contributed by atoms with Crippen LogP contribution in [0.1, 0.15) is 37.7 Å². The van der Waals surface area contributed by atoms with E-state index in [0.717, 1.165) is 16.3 Å². The van der Waals surface area contributed by atoms with Crippen LogP contribution in [0.2, 0.25) is 0 Å². The fraction of sp³-hybridized carbons (Fsp3) is 0.412. The molecule has 1 heterocycles. The van der Waals surface area contributed by atoms with E-state index < -0.39 is 0 Å². The summed E-state index contributed by atoms with van der Waals surface area (Å²) in [4.78, 5) is 16.5. The normalized spacial score (nSPS) is 12.2. The molecule has 1 unspecified atom stereocenters. The second kappa shape index (κ2) is 8.08. The van der Waals surface area contributed by atoms with E-state index in [1.807, 2.05) is 45.0 Å². The van der Waals surface area contributed by atoms with E-state index in [0.29, 0.717) is 12.1 Å². The molecule has 1 amide bonds. The van der Waals surface area contributed by atoms with Crippen LogP contribution in [0, 0.1) is 0 Å². The van der Waals surface area contributed by atoms with Crippen LogP contribution in [0.15, 0.2) is 29.6 Å². The molecule has 0 bridgehead atoms. The van der Waals surface area contributed by atoms with Gasteiger partial charge >= 0.3 is 0 Å². The molecule has 0 fully saturated rings. The van der Waals surface area contributed by atoms with Crippen LogP contribution in [-0.4, -0.2) is 34.8 Å². The number of hydrogen-bond acceptors (Lipinski definition) is 5. The number of nitrogens with one attached hydrogen (secondary N) is 1. The first kappa shape index (κ1) is 17.4. The van der Waals surface area contributed by atoms with E-state index in [9.17, 15) is 4.79 Å². The van der Waals surface area contributed by atoms with Crippen molar-refractivity contribution in [2.75, 3.05) is 6.61 Å². The van der Waals surface area contributed by atoms with Crippen molar-refractivity contribution < 1.29 is 14.6 Å². The number of aliphatic hydroxyl groups excluding tert-OH is 1. The highest BCUT2D eigenvalue weighted by molar-refractivity contribution is 7.13. The molecule has 1 aromatic carbocycles. The van der Waals surface area contributed by atoms with Crippen molar-refractivity contribution in [3.05, 3.63) is 35.3 Å². The smallest absolute Gasteiger partial charge is 0.270 e. The Morgan fingerprint density at radius 2 is 2.00 bits per heavy atom. The van der Waals surface area contributed by atoms with Crippen LogP contribution in [0.4, 0.5) is 0 Å². The lowest BCUT2D eigenvalue weighted by molar-refractivity contribution is 0.0930. The van der Waals surface area contributed by atoms with Crippen molar-refractivity contribution in [1.29, 1.82) is 0 Å². The van der Waals surface area contributed by atoms with Gasteiger partial charge in [-0.25, -0.2) is 4.98 Å². The Morgan fingerprint density at radius 3 is 2.61 bits per heavy atom. The molecule has 0 saturated carbocycles. The number of carbonyl (C=O) groups excluding carboxylic acids is 1. The molecule has 1 aromatic heterocycles. The Kier molecular flexibility index (Phi) is 6.12. The maximum absolute atomic E-state index is 12.1. The highest BCUT2D eigenvalue weighted by Crippen LogP contribution is 2.26. The van der Waals surface area contributed by atoms with E-state index in [4.69, 9.17) is 9.84 Å². The van der Waals surface area contributed by atoms with Gasteiger partial charge in [0.15, 0.2) is 0 Å². The average Bonchev–Trinajstić information content (AvgIpc) is 2.97. The molecule has 6 heteroatoms. The first-order chi connectivity index (χ1) is 11.0. The zero-order valence-electron chi connectivity index (χ0n) is 13.6. The molecule has 2 rings (SSSR count). The van der Waals surface area contributed by atoms with E-state index in [-0.39, 0.29) is 24.7 Å². The summed E-state index contributed by atoms with van der Waals surface area (Å²) in [6, 6.07) is 7.60. The van der Waals surface area contributed by atoms with Crippen LogP contribution < -0.4 is 10.1 Å². The van der Waals surface area contributed by atoms with E-state index in [1.54, 1.807) is 5.38 Å². The molecule has 1 atom stereocenters. The number of aliphatic hydroxyl groups is 1. The minimum absolute atomic E-state index is 0.0502. The number of thiazole rings is 1. The Bertz CT molecular complexity index is 638. The molecule has 2 aromatic rings. The molecular weight excluding hydrogens is 312 g/mol. The number of rotatable bonds is 7. The van der Waals surface area contributed by atoms with Crippen molar-refractivity contribution in [3.8, 4) is 16.3 Å². The van der Waals surface area contributed by atoms with E-state index in [1.165, 1.54) is 11.3 Å². The first-order valence-electron chi connectivity index (χ1n) is 7.64. The maximum atomic E-state index is 12.1. The molecule has 0 aliphatic rings. The zero-order valence-corrected chi connectivity index (χ0v) is 14.4. The van der Waals surface area contributed by atoms with Gasteiger partial charge < -0.3 is 15.2 Å². The second-order valence-corrected chi connectivity index (χ2v) is 6.47. The lowest BCUT2D eigenvalue weighted by Crippen LogP contribution is -2.33. The van der Waals surface area contributed by atoms with Crippen LogP contribution in [0.25, 0.3) is 10.6 Å². The molecule has 0 aliphatic carbocycles. The SMILES string of the molecule is CC(CCO)NC(=O)c1csc(-c2ccc(OC(C)C)cc2)n1. The van der Waals surface area contributed by atoms with Crippen molar-refractivity contribution in [2.24, 2.45) is 0 Å². The highest BCUT2D eigenvalue weighted by Gasteiger charge is 2.14. The number of nitrogens with zero attached hydrogens (tertiary/aromatic N) is 1. The summed E-state index contributed by atoms with van der Waals surface area (Å²) in [5.41, 5.74) is 1.35. The molecule has 5 nitrogen and oxygen atoms in total. The summed E-state index contributed by atoms with van der Waals surface area (Å²) in [5, 5.41) is 14.2. The van der Waals surface area contributed by atoms with Crippen molar-refractivity contribution in [2.45, 2.75) is 39.3 Å². The molecule has 0 radical (unpaired) electrons. The van der Waals surface area contributed by atoms with Gasteiger partial charge in [-0.3, -0.25) is 4.79 Å². The number of carbonyl (C=O) groups is 1. The van der Waals surface area contributed by atoms with Gasteiger partial charge in [0.25, 0.3) is 5.91 Å². The Balaban J connectivity index is 2.05. The number of hydrogen-bond donors (Lipinski definition) is 2. The van der Waals surface area contributed by atoms with Gasteiger partial charge in [-0.15, -0.1) is 11.3 Å². The predicted octanol–water partition coefficient (Wildman–Crippen LogP) is 3.10. The Labute approximate surface area is 140 Å². The predicted molar refractivity (Wildman–Crippen MR) is 91.9 cm³/mol. The van der Waals surface area contributed by atoms with Crippen molar-refractivity contribution in [1.82, 2.24) is 10.3 Å². The molecular formula is C17H22N2O3S. The monoisotopic (exact) mass is 334 g/mol. The molecule has 2 N–H and O–H groups in total. The highest BCUT2D eigenvalue weighted by atomic mass is 32.1. The summed E-state index contributed by atoms with van der Waals surface area (Å²) < 4.78 is 5.61. The van der Waals surface area contributed by atoms with Crippen LogP contribution in [0.5, 0.6) is 5.75 Å². The third-order valence-electron chi connectivity index (χ3n) is 3.15. The number of amides is 1. The summed E-state index contributed by atoms with van der Waals surface area (Å²) in [6.45, 7) is 5.87. The number of aromatic nitrogens is 1. The Morgan fingerprint density at radius 1 is 1.30 bits per heavy atom. The lowest BCUT2D eigenvalue weighted by Gasteiger charge is -2.10. The minimum atomic E-state index is -0.215. The number of ether oxygens (including phenoxy) is 1. The van der Waals surface area contributed by atoms with E-state index >= 15 is 0 Å². The molecule has 0 saturated heterocycles. The Hall–Kier alpha value is -1.92. The zero-order chi connectivity index (χ0) is 16.8. The van der Waals surface area contributed by atoms with Crippen molar-refractivity contribution in [3.63, 3.8) is 0 Å². The van der Waals surface area contributed by atoms with Crippen molar-refractivity contribution >= 4 is 17.2 Å². The summed E-state index contributed by atoms with van der Waals surface area (Å²) in [6.07, 6.45) is 0.664. The number of benzene rings is 1. The second-order valence-electron chi connectivity index (χ2n) is 5.62. The van der Waals surface area contributed by atoms with Gasteiger partial charge in [0.05, 0.1) is 6.10 Å². The van der Waals surface area contributed by atoms with Gasteiger partial charge in [0, 0.05) is 23.6 Å². The summed E-state index contributed by atoms with van der Waals surface area (Å²) in [5.74, 6) is 0.601. The van der Waals surface area contributed by atoms with Gasteiger partial charge in [-0.05, 0) is 51.5 Å². The molecule has 23 heavy (non-hydrogen) atoms. The average molecular weight is 334 g/mol. The first-order valence-corrected chi connectivity index (χ1v) is 8.52. The summed E-state index contributed by atoms with van der Waals surface area (Å²) in [7, 11) is 0.